The first-order chi connectivity index (χ1) is 23.8. The minimum atomic E-state index is -4.17. The van der Waals surface area contributed by atoms with Gasteiger partial charge < -0.3 is 4.74 Å². The van der Waals surface area contributed by atoms with Crippen molar-refractivity contribution in [2.45, 2.75) is 31.8 Å². The average Bonchev–Trinajstić information content (AvgIpc) is 3.08. The molecule has 0 atom stereocenters. The second-order valence-electron chi connectivity index (χ2n) is 11.2. The Bertz CT molecular complexity index is 2010. The maximum Gasteiger partial charge on any atom is 0.426 e. The first-order valence-electron chi connectivity index (χ1n) is 15.2. The highest BCUT2D eigenvalue weighted by atomic mass is 19.3. The van der Waals surface area contributed by atoms with Gasteiger partial charge in [-0.25, -0.2) is 35.1 Å². The number of hydrogen-bond acceptors (Lipinski definition) is 1. The maximum absolute atomic E-state index is 15.3. The number of unbranched alkanes of at least 4 members (excludes halogenated alkanes) is 2. The number of allylic oxidation sites excluding steroid dienone is 2. The van der Waals surface area contributed by atoms with Gasteiger partial charge in [0.15, 0.2) is 23.3 Å². The molecule has 0 amide bonds. The van der Waals surface area contributed by atoms with Crippen LogP contribution in [-0.4, -0.2) is 0 Å². The number of rotatable bonds is 12. The fraction of sp³-hybridized carbons (Fsp3) is 0.128. The lowest BCUT2D eigenvalue weighted by Gasteiger charge is -2.19. The van der Waals surface area contributed by atoms with E-state index in [9.17, 15) is 30.7 Å². The smallest absolute Gasteiger partial charge is 0.426 e. The van der Waals surface area contributed by atoms with Crippen LogP contribution in [0.3, 0.4) is 0 Å². The Kier molecular flexibility index (Phi) is 10.8. The van der Waals surface area contributed by atoms with Gasteiger partial charge in [0.2, 0.25) is 0 Å². The number of alkyl halides is 2. The van der Waals surface area contributed by atoms with E-state index in [1.54, 1.807) is 6.08 Å². The van der Waals surface area contributed by atoms with E-state index in [0.29, 0.717) is 30.4 Å². The van der Waals surface area contributed by atoms with E-state index in [1.807, 2.05) is 0 Å². The molecule has 5 rings (SSSR count). The van der Waals surface area contributed by atoms with Crippen LogP contribution in [0.25, 0.3) is 39.2 Å². The summed E-state index contributed by atoms with van der Waals surface area (Å²) in [6, 6.07) is 15.3. The molecule has 0 saturated heterocycles. The zero-order valence-corrected chi connectivity index (χ0v) is 26.0. The molecule has 0 fully saturated rings. The Labute approximate surface area is 280 Å². The second kappa shape index (κ2) is 15.1. The van der Waals surface area contributed by atoms with Gasteiger partial charge in [-0.1, -0.05) is 54.6 Å². The molecule has 0 spiro atoms. The van der Waals surface area contributed by atoms with Gasteiger partial charge in [-0.3, -0.25) is 0 Å². The minimum absolute atomic E-state index is 0.0214. The van der Waals surface area contributed by atoms with Crippen molar-refractivity contribution in [3.05, 3.63) is 156 Å². The van der Waals surface area contributed by atoms with Crippen molar-refractivity contribution < 1.29 is 48.6 Å². The van der Waals surface area contributed by atoms with Crippen LogP contribution in [0, 0.1) is 34.9 Å². The van der Waals surface area contributed by atoms with E-state index in [4.69, 9.17) is 0 Å². The van der Waals surface area contributed by atoms with E-state index in [1.165, 1.54) is 36.4 Å². The molecular weight excluding hydrogens is 674 g/mol. The lowest BCUT2D eigenvalue weighted by Crippen LogP contribution is -2.22. The molecule has 0 aliphatic heterocycles. The third-order valence-corrected chi connectivity index (χ3v) is 7.80. The Morgan fingerprint density at radius 3 is 1.76 bits per heavy atom. The minimum Gasteiger partial charge on any atom is -0.429 e. The van der Waals surface area contributed by atoms with Crippen LogP contribution in [0.2, 0.25) is 0 Å². The fourth-order valence-corrected chi connectivity index (χ4v) is 5.21. The van der Waals surface area contributed by atoms with Crippen LogP contribution in [0.5, 0.6) is 5.75 Å². The first-order valence-corrected chi connectivity index (χ1v) is 15.2. The van der Waals surface area contributed by atoms with Gasteiger partial charge in [0.1, 0.15) is 29.0 Å². The largest absolute Gasteiger partial charge is 0.429 e. The SMILES string of the molecule is C=CCCCCC(F)=C(F)c1ccc(-c2ccc(-c3cc(F)c(-c4ccc(C(F)(F)Oc5cc(F)c(F)c(F)c5)cc4)c(F)c3)c(F)c2)cc1. The van der Waals surface area contributed by atoms with Gasteiger partial charge in [-0.15, -0.1) is 6.58 Å². The van der Waals surface area contributed by atoms with Gasteiger partial charge in [0, 0.05) is 29.7 Å². The monoisotopic (exact) mass is 700 g/mol. The van der Waals surface area contributed by atoms with E-state index in [0.717, 1.165) is 42.5 Å². The quantitative estimate of drug-likeness (QED) is 0.0545. The zero-order chi connectivity index (χ0) is 36.2. The Morgan fingerprint density at radius 2 is 1.18 bits per heavy atom. The molecule has 0 aliphatic carbocycles. The summed E-state index contributed by atoms with van der Waals surface area (Å²) >= 11 is 0. The molecule has 0 aromatic heterocycles. The Balaban J connectivity index is 1.32. The van der Waals surface area contributed by atoms with Crippen molar-refractivity contribution in [1.82, 2.24) is 0 Å². The van der Waals surface area contributed by atoms with Crippen LogP contribution in [-0.2, 0) is 6.11 Å². The molecule has 50 heavy (non-hydrogen) atoms. The molecule has 5 aromatic carbocycles. The fourth-order valence-electron chi connectivity index (χ4n) is 5.21. The number of hydrogen-bond donors (Lipinski definition) is 0. The number of ether oxygens (including phenoxy) is 1. The molecule has 0 radical (unpaired) electrons. The topological polar surface area (TPSA) is 9.23 Å². The average molecular weight is 701 g/mol. The summed E-state index contributed by atoms with van der Waals surface area (Å²) in [4.78, 5) is 0. The second-order valence-corrected chi connectivity index (χ2v) is 11.2. The molecule has 11 heteroatoms. The van der Waals surface area contributed by atoms with Gasteiger partial charge >= 0.3 is 6.11 Å². The van der Waals surface area contributed by atoms with Crippen LogP contribution in [0.15, 0.2) is 109 Å². The number of halogens is 10. The Morgan fingerprint density at radius 1 is 0.620 bits per heavy atom. The summed E-state index contributed by atoms with van der Waals surface area (Å²) in [5, 5.41) is 0. The molecule has 0 N–H and O–H groups in total. The van der Waals surface area contributed by atoms with Gasteiger partial charge in [-0.05, 0) is 71.8 Å². The predicted octanol–water partition coefficient (Wildman–Crippen LogP) is 13.0. The van der Waals surface area contributed by atoms with Crippen molar-refractivity contribution >= 4 is 5.83 Å². The van der Waals surface area contributed by atoms with E-state index < -0.39 is 69.5 Å². The Hall–Kier alpha value is -5.32. The highest BCUT2D eigenvalue weighted by Crippen LogP contribution is 2.37. The number of benzene rings is 5. The molecule has 0 heterocycles. The van der Waals surface area contributed by atoms with E-state index in [-0.39, 0.29) is 40.8 Å². The summed E-state index contributed by atoms with van der Waals surface area (Å²) < 4.78 is 148. The third kappa shape index (κ3) is 7.93. The molecule has 0 unspecified atom stereocenters. The lowest BCUT2D eigenvalue weighted by molar-refractivity contribution is -0.185. The van der Waals surface area contributed by atoms with Crippen molar-refractivity contribution in [1.29, 1.82) is 0 Å². The van der Waals surface area contributed by atoms with Crippen LogP contribution < -0.4 is 4.74 Å². The van der Waals surface area contributed by atoms with Crippen LogP contribution in [0.4, 0.5) is 43.9 Å². The molecular formula is C39H26F10O. The van der Waals surface area contributed by atoms with Gasteiger partial charge in [0.05, 0.1) is 11.1 Å². The van der Waals surface area contributed by atoms with Crippen molar-refractivity contribution in [3.8, 4) is 39.1 Å². The summed E-state index contributed by atoms with van der Waals surface area (Å²) in [5.41, 5.74) is -1.06. The summed E-state index contributed by atoms with van der Waals surface area (Å²) in [5.74, 6) is -11.3. The highest BCUT2D eigenvalue weighted by Gasteiger charge is 2.35. The molecule has 5 aromatic rings. The van der Waals surface area contributed by atoms with Gasteiger partial charge in [-0.2, -0.15) is 8.78 Å². The third-order valence-electron chi connectivity index (χ3n) is 7.80. The van der Waals surface area contributed by atoms with E-state index in [2.05, 4.69) is 11.3 Å². The molecule has 258 valence electrons. The molecule has 1 nitrogen and oxygen atoms in total. The zero-order valence-electron chi connectivity index (χ0n) is 26.0. The van der Waals surface area contributed by atoms with Crippen LogP contribution in [0.1, 0.15) is 36.8 Å². The van der Waals surface area contributed by atoms with Gasteiger partial charge in [0.25, 0.3) is 0 Å². The first kappa shape index (κ1) is 36.0. The summed E-state index contributed by atoms with van der Waals surface area (Å²) in [6.07, 6.45) is -0.671. The van der Waals surface area contributed by atoms with E-state index >= 15 is 13.2 Å². The van der Waals surface area contributed by atoms with Crippen molar-refractivity contribution in [2.24, 2.45) is 0 Å². The van der Waals surface area contributed by atoms with Crippen LogP contribution >= 0.6 is 0 Å². The molecule has 0 bridgehead atoms. The maximum atomic E-state index is 15.3. The highest BCUT2D eigenvalue weighted by molar-refractivity contribution is 5.75. The van der Waals surface area contributed by atoms with Crippen molar-refractivity contribution in [3.63, 3.8) is 0 Å². The normalized spacial score (nSPS) is 12.1. The van der Waals surface area contributed by atoms with Crippen molar-refractivity contribution in [2.75, 3.05) is 0 Å². The lowest BCUT2D eigenvalue weighted by atomic mass is 9.96. The summed E-state index contributed by atoms with van der Waals surface area (Å²) in [7, 11) is 0. The predicted molar refractivity (Wildman–Crippen MR) is 171 cm³/mol. The standard InChI is InChI=1S/C39H26F10O/c1-2-3-4-5-6-30(40)37(46)24-9-7-22(8-10-24)25-13-16-29(31(41)17-25)26-18-32(42)36(33(43)19-26)23-11-14-27(15-12-23)39(48,49)50-28-20-34(44)38(47)35(45)21-28/h2,7-21H,1,3-6H2. The summed E-state index contributed by atoms with van der Waals surface area (Å²) in [6.45, 7) is 3.59. The molecule has 0 saturated carbocycles. The molecule has 0 aliphatic rings.